The number of urea groups is 1. The Bertz CT molecular complexity index is 995. The number of amides is 4. The van der Waals surface area contributed by atoms with Gasteiger partial charge >= 0.3 is 6.03 Å². The second-order valence-corrected chi connectivity index (χ2v) is 7.24. The third kappa shape index (κ3) is 4.58. The van der Waals surface area contributed by atoms with Gasteiger partial charge in [0.15, 0.2) is 0 Å². The Morgan fingerprint density at radius 3 is 2.43 bits per heavy atom. The van der Waals surface area contributed by atoms with Crippen LogP contribution in [0.4, 0.5) is 10.5 Å². The average molecular weight is 406 g/mol. The van der Waals surface area contributed by atoms with Crippen LogP contribution in [0.2, 0.25) is 0 Å². The first-order chi connectivity index (χ1) is 14.3. The zero-order valence-electron chi connectivity index (χ0n) is 16.8. The zero-order valence-corrected chi connectivity index (χ0v) is 16.8. The molecule has 8 heteroatoms. The minimum Gasteiger partial charge on any atom is -0.497 e. The lowest BCUT2D eigenvalue weighted by Crippen LogP contribution is -2.45. The molecular weight excluding hydrogens is 384 g/mol. The number of hydrogen-bond donors (Lipinski definition) is 2. The van der Waals surface area contributed by atoms with E-state index in [0.717, 1.165) is 16.2 Å². The Morgan fingerprint density at radius 2 is 1.83 bits per heavy atom. The SMILES string of the molecule is COc1ccc(CC[C@@]2(C)NC(=O)N(CC(=O)Nc3ccc(C#N)cc3)C2=O)cc1. The molecular formula is C22H22N4O4. The van der Waals surface area contributed by atoms with E-state index in [1.54, 1.807) is 38.3 Å². The molecule has 0 saturated carbocycles. The van der Waals surface area contributed by atoms with E-state index in [2.05, 4.69) is 10.6 Å². The lowest BCUT2D eigenvalue weighted by atomic mass is 9.93. The van der Waals surface area contributed by atoms with Crippen molar-refractivity contribution in [3.8, 4) is 11.8 Å². The van der Waals surface area contributed by atoms with Gasteiger partial charge in [-0.05, 0) is 61.7 Å². The summed E-state index contributed by atoms with van der Waals surface area (Å²) >= 11 is 0. The van der Waals surface area contributed by atoms with Crippen LogP contribution in [0, 0.1) is 11.3 Å². The van der Waals surface area contributed by atoms with E-state index in [9.17, 15) is 14.4 Å². The van der Waals surface area contributed by atoms with Crippen molar-refractivity contribution in [3.63, 3.8) is 0 Å². The van der Waals surface area contributed by atoms with Gasteiger partial charge in [-0.1, -0.05) is 12.1 Å². The standard InChI is InChI=1S/C22H22N4O4/c1-22(12-11-15-5-9-18(30-2)10-6-15)20(28)26(21(29)25-22)14-19(27)24-17-7-3-16(13-23)4-8-17/h3-10H,11-12,14H2,1-2H3,(H,24,27)(H,25,29)/t22-/m1/s1. The van der Waals surface area contributed by atoms with Crippen molar-refractivity contribution in [2.24, 2.45) is 0 Å². The van der Waals surface area contributed by atoms with Crippen molar-refractivity contribution in [2.75, 3.05) is 19.0 Å². The van der Waals surface area contributed by atoms with E-state index >= 15 is 0 Å². The lowest BCUT2D eigenvalue weighted by Gasteiger charge is -2.21. The van der Waals surface area contributed by atoms with Gasteiger partial charge in [0.1, 0.15) is 17.8 Å². The molecule has 2 aromatic rings. The molecule has 30 heavy (non-hydrogen) atoms. The van der Waals surface area contributed by atoms with Crippen LogP contribution in [0.25, 0.3) is 0 Å². The zero-order chi connectivity index (χ0) is 21.7. The molecule has 3 rings (SSSR count). The molecule has 1 saturated heterocycles. The number of aryl methyl sites for hydroxylation is 1. The van der Waals surface area contributed by atoms with Crippen molar-refractivity contribution < 1.29 is 19.1 Å². The minimum atomic E-state index is -1.08. The molecule has 1 fully saturated rings. The number of nitriles is 1. The van der Waals surface area contributed by atoms with Gasteiger partial charge in [-0.15, -0.1) is 0 Å². The van der Waals surface area contributed by atoms with Crippen molar-refractivity contribution in [1.29, 1.82) is 5.26 Å². The highest BCUT2D eigenvalue weighted by atomic mass is 16.5. The summed E-state index contributed by atoms with van der Waals surface area (Å²) in [5.74, 6) is -0.187. The molecule has 0 aromatic heterocycles. The van der Waals surface area contributed by atoms with E-state index in [-0.39, 0.29) is 6.54 Å². The highest BCUT2D eigenvalue weighted by Gasteiger charge is 2.47. The maximum Gasteiger partial charge on any atom is 0.325 e. The summed E-state index contributed by atoms with van der Waals surface area (Å²) in [5, 5.41) is 14.1. The number of methoxy groups -OCH3 is 1. The first kappa shape index (κ1) is 20.9. The molecule has 2 N–H and O–H groups in total. The molecule has 0 aliphatic carbocycles. The third-order valence-electron chi connectivity index (χ3n) is 5.02. The predicted molar refractivity (Wildman–Crippen MR) is 110 cm³/mol. The van der Waals surface area contributed by atoms with Crippen LogP contribution in [0.5, 0.6) is 5.75 Å². The number of nitrogens with one attached hydrogen (secondary N) is 2. The number of anilines is 1. The number of carbonyl (C=O) groups is 3. The van der Waals surface area contributed by atoms with E-state index in [1.165, 1.54) is 0 Å². The van der Waals surface area contributed by atoms with Crippen LogP contribution >= 0.6 is 0 Å². The summed E-state index contributed by atoms with van der Waals surface area (Å²) in [5.41, 5.74) is 0.880. The van der Waals surface area contributed by atoms with Gasteiger partial charge in [-0.25, -0.2) is 4.79 Å². The number of nitrogens with zero attached hydrogens (tertiary/aromatic N) is 2. The van der Waals surface area contributed by atoms with Crippen molar-refractivity contribution >= 4 is 23.5 Å². The Labute approximate surface area is 174 Å². The molecule has 8 nitrogen and oxygen atoms in total. The molecule has 1 aliphatic rings. The molecule has 1 aliphatic heterocycles. The van der Waals surface area contributed by atoms with E-state index in [0.29, 0.717) is 24.1 Å². The average Bonchev–Trinajstić information content (AvgIpc) is 2.96. The Morgan fingerprint density at radius 1 is 1.17 bits per heavy atom. The number of ether oxygens (including phenoxy) is 1. The Balaban J connectivity index is 1.59. The van der Waals surface area contributed by atoms with Gasteiger partial charge in [-0.3, -0.25) is 14.5 Å². The molecule has 0 radical (unpaired) electrons. The summed E-state index contributed by atoms with van der Waals surface area (Å²) in [7, 11) is 1.59. The molecule has 154 valence electrons. The molecule has 0 unspecified atom stereocenters. The minimum absolute atomic E-state index is 0.386. The predicted octanol–water partition coefficient (Wildman–Crippen LogP) is 2.45. The van der Waals surface area contributed by atoms with Gasteiger partial charge < -0.3 is 15.4 Å². The number of imide groups is 1. The maximum atomic E-state index is 12.8. The molecule has 1 heterocycles. The van der Waals surface area contributed by atoms with Crippen LogP contribution in [-0.4, -0.2) is 41.9 Å². The van der Waals surface area contributed by atoms with Crippen LogP contribution in [0.1, 0.15) is 24.5 Å². The normalized spacial score (nSPS) is 18.0. The summed E-state index contributed by atoms with van der Waals surface area (Å²) in [6.07, 6.45) is 0.982. The third-order valence-corrected chi connectivity index (χ3v) is 5.02. The Kier molecular flexibility index (Phi) is 6.02. The monoisotopic (exact) mass is 406 g/mol. The van der Waals surface area contributed by atoms with Crippen LogP contribution < -0.4 is 15.4 Å². The second kappa shape index (κ2) is 8.66. The number of hydrogen-bond acceptors (Lipinski definition) is 5. The van der Waals surface area contributed by atoms with Gasteiger partial charge in [0.05, 0.1) is 18.7 Å². The van der Waals surface area contributed by atoms with E-state index in [4.69, 9.17) is 10.00 Å². The first-order valence-electron chi connectivity index (χ1n) is 9.42. The quantitative estimate of drug-likeness (QED) is 0.686. The van der Waals surface area contributed by atoms with Crippen molar-refractivity contribution in [1.82, 2.24) is 10.2 Å². The van der Waals surface area contributed by atoms with E-state index < -0.39 is 23.4 Å². The number of benzene rings is 2. The molecule has 1 atom stereocenters. The first-order valence-corrected chi connectivity index (χ1v) is 9.42. The van der Waals surface area contributed by atoms with Crippen molar-refractivity contribution in [2.45, 2.75) is 25.3 Å². The second-order valence-electron chi connectivity index (χ2n) is 7.24. The Hall–Kier alpha value is -3.86. The molecule has 0 bridgehead atoms. The van der Waals surface area contributed by atoms with Crippen molar-refractivity contribution in [3.05, 3.63) is 59.7 Å². The number of rotatable bonds is 7. The maximum absolute atomic E-state index is 12.8. The molecule has 0 spiro atoms. The van der Waals surface area contributed by atoms with Gasteiger partial charge in [0, 0.05) is 5.69 Å². The van der Waals surface area contributed by atoms with Crippen LogP contribution in [0.3, 0.4) is 0 Å². The smallest absolute Gasteiger partial charge is 0.325 e. The molecule has 4 amide bonds. The number of carbonyl (C=O) groups excluding carboxylic acids is 3. The fourth-order valence-electron chi connectivity index (χ4n) is 3.22. The lowest BCUT2D eigenvalue weighted by molar-refractivity contribution is -0.133. The highest BCUT2D eigenvalue weighted by Crippen LogP contribution is 2.24. The highest BCUT2D eigenvalue weighted by molar-refractivity contribution is 6.09. The van der Waals surface area contributed by atoms with Crippen LogP contribution in [-0.2, 0) is 16.0 Å². The topological polar surface area (TPSA) is 112 Å². The summed E-state index contributed by atoms with van der Waals surface area (Å²) in [6.45, 7) is 1.28. The van der Waals surface area contributed by atoms with Crippen LogP contribution in [0.15, 0.2) is 48.5 Å². The molecule has 2 aromatic carbocycles. The summed E-state index contributed by atoms with van der Waals surface area (Å²) in [4.78, 5) is 38.4. The van der Waals surface area contributed by atoms with Gasteiger partial charge in [0.25, 0.3) is 5.91 Å². The van der Waals surface area contributed by atoms with Gasteiger partial charge in [0.2, 0.25) is 5.91 Å². The summed E-state index contributed by atoms with van der Waals surface area (Å²) in [6, 6.07) is 15.2. The van der Waals surface area contributed by atoms with Gasteiger partial charge in [-0.2, -0.15) is 5.26 Å². The fourth-order valence-corrected chi connectivity index (χ4v) is 3.22. The fraction of sp³-hybridized carbons (Fsp3) is 0.273. The van der Waals surface area contributed by atoms with E-state index in [1.807, 2.05) is 30.3 Å². The largest absolute Gasteiger partial charge is 0.497 e. The summed E-state index contributed by atoms with van der Waals surface area (Å²) < 4.78 is 5.13.